The van der Waals surface area contributed by atoms with Crippen LogP contribution in [0.1, 0.15) is 16.4 Å². The topological polar surface area (TPSA) is 102 Å². The molecule has 2 aromatic rings. The number of nitrogens with zero attached hydrogens (tertiary/aromatic N) is 4. The SMILES string of the molecule is Cc1nnc(Sc2cncc(C(=O)O)n2)o1. The van der Waals surface area contributed by atoms with E-state index >= 15 is 0 Å². The van der Waals surface area contributed by atoms with Gasteiger partial charge in [-0.25, -0.2) is 9.78 Å². The Bertz CT molecular complexity index is 528. The molecule has 2 rings (SSSR count). The van der Waals surface area contributed by atoms with Crippen molar-refractivity contribution in [2.45, 2.75) is 17.2 Å². The number of carboxylic acids is 1. The summed E-state index contributed by atoms with van der Waals surface area (Å²) < 4.78 is 5.11. The van der Waals surface area contributed by atoms with Crippen LogP contribution in [0.4, 0.5) is 0 Å². The number of hydrogen-bond donors (Lipinski definition) is 1. The Balaban J connectivity index is 2.21. The molecule has 0 amide bonds. The van der Waals surface area contributed by atoms with E-state index < -0.39 is 5.97 Å². The maximum absolute atomic E-state index is 10.6. The van der Waals surface area contributed by atoms with Crippen LogP contribution < -0.4 is 0 Å². The van der Waals surface area contributed by atoms with Crippen LogP contribution in [0.5, 0.6) is 0 Å². The molecule has 1 N–H and O–H groups in total. The third-order valence-electron chi connectivity index (χ3n) is 1.53. The van der Waals surface area contributed by atoms with Gasteiger partial charge in [0.1, 0.15) is 5.03 Å². The minimum absolute atomic E-state index is 0.124. The minimum Gasteiger partial charge on any atom is -0.476 e. The summed E-state index contributed by atoms with van der Waals surface area (Å²) in [4.78, 5) is 18.3. The number of rotatable bonds is 3. The Morgan fingerprint density at radius 3 is 2.88 bits per heavy atom. The Morgan fingerprint density at radius 1 is 1.44 bits per heavy atom. The highest BCUT2D eigenvalue weighted by Gasteiger charge is 2.10. The molecule has 0 aliphatic heterocycles. The van der Waals surface area contributed by atoms with Gasteiger partial charge in [-0.3, -0.25) is 4.98 Å². The number of carboxylic acid groups (broad SMARTS) is 1. The van der Waals surface area contributed by atoms with Crippen molar-refractivity contribution in [3.05, 3.63) is 24.0 Å². The van der Waals surface area contributed by atoms with Gasteiger partial charge in [-0.2, -0.15) is 0 Å². The quantitative estimate of drug-likeness (QED) is 0.845. The summed E-state index contributed by atoms with van der Waals surface area (Å²) in [6, 6.07) is 0. The molecule has 0 spiro atoms. The van der Waals surface area contributed by atoms with E-state index in [0.717, 1.165) is 11.8 Å². The van der Waals surface area contributed by atoms with Gasteiger partial charge in [0, 0.05) is 6.92 Å². The molecule has 0 fully saturated rings. The Kier molecular flexibility index (Phi) is 2.82. The highest BCUT2D eigenvalue weighted by Crippen LogP contribution is 2.23. The van der Waals surface area contributed by atoms with Crippen LogP contribution in [0.15, 0.2) is 27.1 Å². The van der Waals surface area contributed by atoms with Crippen LogP contribution in [-0.4, -0.2) is 31.2 Å². The molecule has 0 unspecified atom stereocenters. The van der Waals surface area contributed by atoms with Crippen LogP contribution in [0.2, 0.25) is 0 Å². The molecule has 0 saturated carbocycles. The van der Waals surface area contributed by atoms with E-state index in [1.165, 1.54) is 12.4 Å². The molecule has 0 aliphatic carbocycles. The predicted octanol–water partition coefficient (Wildman–Crippen LogP) is 1.02. The van der Waals surface area contributed by atoms with Gasteiger partial charge < -0.3 is 9.52 Å². The molecule has 0 saturated heterocycles. The van der Waals surface area contributed by atoms with Crippen molar-refractivity contribution in [2.75, 3.05) is 0 Å². The zero-order chi connectivity index (χ0) is 11.5. The molecule has 16 heavy (non-hydrogen) atoms. The summed E-state index contributed by atoms with van der Waals surface area (Å²) in [5.41, 5.74) is -0.124. The van der Waals surface area contributed by atoms with Crippen LogP contribution >= 0.6 is 11.8 Å². The lowest BCUT2D eigenvalue weighted by Gasteiger charge is -1.96. The molecule has 82 valence electrons. The second kappa shape index (κ2) is 4.27. The number of aromatic carboxylic acids is 1. The summed E-state index contributed by atoms with van der Waals surface area (Å²) in [7, 11) is 0. The van der Waals surface area contributed by atoms with E-state index in [1.807, 2.05) is 0 Å². The molecule has 0 radical (unpaired) electrons. The second-order valence-electron chi connectivity index (χ2n) is 2.74. The van der Waals surface area contributed by atoms with Crippen LogP contribution in [0.3, 0.4) is 0 Å². The van der Waals surface area contributed by atoms with Crippen molar-refractivity contribution in [3.8, 4) is 0 Å². The predicted molar refractivity (Wildman–Crippen MR) is 52.1 cm³/mol. The molecule has 7 nitrogen and oxygen atoms in total. The molecule has 8 heteroatoms. The summed E-state index contributed by atoms with van der Waals surface area (Å²) >= 11 is 1.06. The molecular formula is C8H6N4O3S. The monoisotopic (exact) mass is 238 g/mol. The number of aromatic nitrogens is 4. The number of carbonyl (C=O) groups is 1. The second-order valence-corrected chi connectivity index (χ2v) is 3.71. The number of aryl methyl sites for hydroxylation is 1. The van der Waals surface area contributed by atoms with Gasteiger partial charge in [-0.05, 0) is 11.8 Å². The van der Waals surface area contributed by atoms with E-state index in [1.54, 1.807) is 6.92 Å². The van der Waals surface area contributed by atoms with Crippen molar-refractivity contribution in [2.24, 2.45) is 0 Å². The molecule has 2 heterocycles. The normalized spacial score (nSPS) is 10.3. The largest absolute Gasteiger partial charge is 0.476 e. The molecule has 0 aliphatic rings. The van der Waals surface area contributed by atoms with Gasteiger partial charge in [0.25, 0.3) is 5.22 Å². The fourth-order valence-electron chi connectivity index (χ4n) is 0.909. The van der Waals surface area contributed by atoms with E-state index in [-0.39, 0.29) is 5.69 Å². The van der Waals surface area contributed by atoms with Gasteiger partial charge in [0.15, 0.2) is 5.69 Å². The highest BCUT2D eigenvalue weighted by molar-refractivity contribution is 7.99. The lowest BCUT2D eigenvalue weighted by atomic mass is 10.5. The van der Waals surface area contributed by atoms with Crippen molar-refractivity contribution in [1.82, 2.24) is 20.2 Å². The molecule has 0 atom stereocenters. The van der Waals surface area contributed by atoms with Gasteiger partial charge in [0.2, 0.25) is 5.89 Å². The first-order chi connectivity index (χ1) is 7.65. The van der Waals surface area contributed by atoms with Crippen LogP contribution in [0, 0.1) is 6.92 Å². The number of hydrogen-bond acceptors (Lipinski definition) is 7. The Labute approximate surface area is 93.9 Å². The van der Waals surface area contributed by atoms with Crippen LogP contribution in [-0.2, 0) is 0 Å². The molecule has 0 aromatic carbocycles. The Morgan fingerprint density at radius 2 is 2.25 bits per heavy atom. The van der Waals surface area contributed by atoms with E-state index in [4.69, 9.17) is 9.52 Å². The lowest BCUT2D eigenvalue weighted by Crippen LogP contribution is -2.01. The van der Waals surface area contributed by atoms with Crippen LogP contribution in [0.25, 0.3) is 0 Å². The van der Waals surface area contributed by atoms with E-state index in [9.17, 15) is 4.79 Å². The molecular weight excluding hydrogens is 232 g/mol. The van der Waals surface area contributed by atoms with Gasteiger partial charge in [-0.15, -0.1) is 10.2 Å². The van der Waals surface area contributed by atoms with Gasteiger partial charge in [-0.1, -0.05) is 0 Å². The van der Waals surface area contributed by atoms with Crippen molar-refractivity contribution >= 4 is 17.7 Å². The summed E-state index contributed by atoms with van der Waals surface area (Å²) in [5, 5.41) is 16.8. The van der Waals surface area contributed by atoms with Gasteiger partial charge in [0.05, 0.1) is 12.4 Å². The maximum Gasteiger partial charge on any atom is 0.356 e. The average Bonchev–Trinajstić information content (AvgIpc) is 2.64. The standard InChI is InChI=1S/C8H6N4O3S/c1-4-11-12-8(15-4)16-6-3-9-2-5(10-6)7(13)14/h2-3H,1H3,(H,13,14). The first-order valence-electron chi connectivity index (χ1n) is 4.18. The summed E-state index contributed by atoms with van der Waals surface area (Å²) in [6.45, 7) is 1.66. The molecule has 2 aromatic heterocycles. The lowest BCUT2D eigenvalue weighted by molar-refractivity contribution is 0.0689. The highest BCUT2D eigenvalue weighted by atomic mass is 32.2. The smallest absolute Gasteiger partial charge is 0.356 e. The fraction of sp³-hybridized carbons (Fsp3) is 0.125. The first-order valence-corrected chi connectivity index (χ1v) is 5.00. The zero-order valence-electron chi connectivity index (χ0n) is 8.12. The van der Waals surface area contributed by atoms with Gasteiger partial charge >= 0.3 is 5.97 Å². The average molecular weight is 238 g/mol. The fourth-order valence-corrected chi connectivity index (χ4v) is 1.59. The third kappa shape index (κ3) is 2.34. The van der Waals surface area contributed by atoms with Crippen molar-refractivity contribution in [1.29, 1.82) is 0 Å². The van der Waals surface area contributed by atoms with E-state index in [2.05, 4.69) is 20.2 Å². The first kappa shape index (κ1) is 10.6. The van der Waals surface area contributed by atoms with Crippen molar-refractivity contribution < 1.29 is 14.3 Å². The zero-order valence-corrected chi connectivity index (χ0v) is 8.93. The van der Waals surface area contributed by atoms with Crippen molar-refractivity contribution in [3.63, 3.8) is 0 Å². The Hall–Kier alpha value is -1.96. The van der Waals surface area contributed by atoms with E-state index in [0.29, 0.717) is 16.1 Å². The molecule has 0 bridgehead atoms. The minimum atomic E-state index is -1.13. The summed E-state index contributed by atoms with van der Waals surface area (Å²) in [5.74, 6) is -0.693. The summed E-state index contributed by atoms with van der Waals surface area (Å²) in [6.07, 6.45) is 2.60. The maximum atomic E-state index is 10.6. The third-order valence-corrected chi connectivity index (χ3v) is 2.28.